The van der Waals surface area contributed by atoms with Gasteiger partial charge in [-0.3, -0.25) is 4.79 Å². The van der Waals surface area contributed by atoms with Gasteiger partial charge in [-0.05, 0) is 24.3 Å². The predicted octanol–water partition coefficient (Wildman–Crippen LogP) is 2.50. The molecule has 0 heterocycles. The second-order valence-electron chi connectivity index (χ2n) is 3.36. The van der Waals surface area contributed by atoms with Crippen LogP contribution in [0.2, 0.25) is 0 Å². The van der Waals surface area contributed by atoms with Gasteiger partial charge in [0.2, 0.25) is 5.91 Å². The topological polar surface area (TPSA) is 49.3 Å². The first-order valence-electron chi connectivity index (χ1n) is 4.89. The molecule has 0 aliphatic rings. The van der Waals surface area contributed by atoms with Crippen molar-refractivity contribution in [3.05, 3.63) is 28.7 Å². The Bertz CT molecular complexity index is 342. The van der Waals surface area contributed by atoms with Crippen molar-refractivity contribution < 1.29 is 9.90 Å². The van der Waals surface area contributed by atoms with E-state index in [0.717, 1.165) is 10.2 Å². The van der Waals surface area contributed by atoms with Gasteiger partial charge in [0.1, 0.15) is 0 Å². The summed E-state index contributed by atoms with van der Waals surface area (Å²) in [6.45, 7) is 1.98. The van der Waals surface area contributed by atoms with Crippen molar-refractivity contribution in [3.8, 4) is 0 Å². The summed E-state index contributed by atoms with van der Waals surface area (Å²) in [6.07, 6.45) is 0. The van der Waals surface area contributed by atoms with Crippen LogP contribution < -0.4 is 5.32 Å². The SMILES string of the molecule is CC(CO)SCC(=O)Nc1ccc(Br)cc1. The van der Waals surface area contributed by atoms with Gasteiger partial charge in [-0.25, -0.2) is 0 Å². The fraction of sp³-hybridized carbons (Fsp3) is 0.364. The molecule has 0 aromatic heterocycles. The molecule has 0 spiro atoms. The van der Waals surface area contributed by atoms with Gasteiger partial charge in [0.25, 0.3) is 0 Å². The van der Waals surface area contributed by atoms with Crippen LogP contribution in [0.25, 0.3) is 0 Å². The highest BCUT2D eigenvalue weighted by Crippen LogP contribution is 2.15. The minimum Gasteiger partial charge on any atom is -0.395 e. The molecule has 1 unspecified atom stereocenters. The Morgan fingerprint density at radius 1 is 1.50 bits per heavy atom. The number of thioether (sulfide) groups is 1. The van der Waals surface area contributed by atoms with E-state index in [-0.39, 0.29) is 17.8 Å². The molecule has 0 aliphatic heterocycles. The molecule has 0 aliphatic carbocycles. The number of halogens is 1. The number of rotatable bonds is 5. The van der Waals surface area contributed by atoms with Gasteiger partial charge in [-0.2, -0.15) is 0 Å². The molecule has 5 heteroatoms. The number of aliphatic hydroxyl groups excluding tert-OH is 1. The summed E-state index contributed by atoms with van der Waals surface area (Å²) >= 11 is 4.76. The molecular formula is C11H14BrNO2S. The van der Waals surface area contributed by atoms with Crippen LogP contribution in [-0.4, -0.2) is 28.6 Å². The maximum Gasteiger partial charge on any atom is 0.234 e. The van der Waals surface area contributed by atoms with E-state index < -0.39 is 0 Å². The summed E-state index contributed by atoms with van der Waals surface area (Å²) in [6, 6.07) is 7.42. The Kier molecular flexibility index (Phi) is 5.87. The first-order chi connectivity index (χ1) is 7.61. The minimum absolute atomic E-state index is 0.0485. The first kappa shape index (κ1) is 13.5. The lowest BCUT2D eigenvalue weighted by Crippen LogP contribution is -2.16. The number of benzene rings is 1. The van der Waals surface area contributed by atoms with Crippen molar-refractivity contribution in [2.75, 3.05) is 17.7 Å². The highest BCUT2D eigenvalue weighted by Gasteiger charge is 2.06. The van der Waals surface area contributed by atoms with E-state index in [1.54, 1.807) is 0 Å². The summed E-state index contributed by atoms with van der Waals surface area (Å²) in [7, 11) is 0. The highest BCUT2D eigenvalue weighted by atomic mass is 79.9. The van der Waals surface area contributed by atoms with Crippen molar-refractivity contribution >= 4 is 39.3 Å². The number of anilines is 1. The Balaban J connectivity index is 2.37. The maximum absolute atomic E-state index is 11.5. The molecule has 0 saturated heterocycles. The van der Waals surface area contributed by atoms with Gasteiger partial charge in [-0.1, -0.05) is 22.9 Å². The molecule has 16 heavy (non-hydrogen) atoms. The first-order valence-corrected chi connectivity index (χ1v) is 6.74. The normalized spacial score (nSPS) is 12.2. The minimum atomic E-state index is -0.0485. The molecule has 1 aromatic rings. The number of carbonyl (C=O) groups excluding carboxylic acids is 1. The molecular weight excluding hydrogens is 290 g/mol. The van der Waals surface area contributed by atoms with E-state index in [4.69, 9.17) is 5.11 Å². The number of hydrogen-bond acceptors (Lipinski definition) is 3. The standard InChI is InChI=1S/C11H14BrNO2S/c1-8(6-14)16-7-11(15)13-10-4-2-9(12)3-5-10/h2-5,8,14H,6-7H2,1H3,(H,13,15). The Hall–Kier alpha value is -0.520. The second kappa shape index (κ2) is 6.93. The van der Waals surface area contributed by atoms with Crippen LogP contribution in [0.4, 0.5) is 5.69 Å². The van der Waals surface area contributed by atoms with Gasteiger partial charge in [-0.15, -0.1) is 11.8 Å². The molecule has 0 fully saturated rings. The summed E-state index contributed by atoms with van der Waals surface area (Å²) in [5.74, 6) is 0.310. The maximum atomic E-state index is 11.5. The van der Waals surface area contributed by atoms with Crippen LogP contribution in [0.3, 0.4) is 0 Å². The van der Waals surface area contributed by atoms with Gasteiger partial charge < -0.3 is 10.4 Å². The van der Waals surface area contributed by atoms with Crippen LogP contribution in [0.1, 0.15) is 6.92 Å². The van der Waals surface area contributed by atoms with E-state index in [9.17, 15) is 4.79 Å². The van der Waals surface area contributed by atoms with E-state index in [1.165, 1.54) is 11.8 Å². The Morgan fingerprint density at radius 2 is 2.12 bits per heavy atom. The van der Waals surface area contributed by atoms with E-state index in [0.29, 0.717) is 5.75 Å². The van der Waals surface area contributed by atoms with Crippen molar-refractivity contribution in [2.24, 2.45) is 0 Å². The fourth-order valence-corrected chi connectivity index (χ4v) is 1.88. The summed E-state index contributed by atoms with van der Waals surface area (Å²) in [5, 5.41) is 11.7. The second-order valence-corrected chi connectivity index (χ2v) is 5.70. The number of aliphatic hydroxyl groups is 1. The van der Waals surface area contributed by atoms with Crippen molar-refractivity contribution in [2.45, 2.75) is 12.2 Å². The quantitative estimate of drug-likeness (QED) is 0.879. The van der Waals surface area contributed by atoms with Gasteiger partial charge in [0.15, 0.2) is 0 Å². The van der Waals surface area contributed by atoms with E-state index in [2.05, 4.69) is 21.2 Å². The Morgan fingerprint density at radius 3 is 2.69 bits per heavy atom. The molecule has 2 N–H and O–H groups in total. The lowest BCUT2D eigenvalue weighted by molar-refractivity contribution is -0.113. The summed E-state index contributed by atoms with van der Waals surface area (Å²) < 4.78 is 0.980. The third-order valence-corrected chi connectivity index (χ3v) is 3.56. The number of carbonyl (C=O) groups is 1. The zero-order valence-electron chi connectivity index (χ0n) is 8.94. The summed E-state index contributed by atoms with van der Waals surface area (Å²) in [5.41, 5.74) is 0.783. The number of hydrogen-bond donors (Lipinski definition) is 2. The smallest absolute Gasteiger partial charge is 0.234 e. The molecule has 1 atom stereocenters. The third-order valence-electron chi connectivity index (χ3n) is 1.88. The molecule has 0 bridgehead atoms. The molecule has 0 radical (unpaired) electrons. The van der Waals surface area contributed by atoms with E-state index >= 15 is 0 Å². The van der Waals surface area contributed by atoms with Gasteiger partial charge in [0, 0.05) is 15.4 Å². The average molecular weight is 304 g/mol. The zero-order valence-corrected chi connectivity index (χ0v) is 11.3. The average Bonchev–Trinajstić information content (AvgIpc) is 2.29. The van der Waals surface area contributed by atoms with Gasteiger partial charge >= 0.3 is 0 Å². The van der Waals surface area contributed by atoms with Crippen LogP contribution in [0.15, 0.2) is 28.7 Å². The molecule has 0 saturated carbocycles. The monoisotopic (exact) mass is 303 g/mol. The van der Waals surface area contributed by atoms with Crippen molar-refractivity contribution in [1.29, 1.82) is 0 Å². The lowest BCUT2D eigenvalue weighted by Gasteiger charge is -2.08. The van der Waals surface area contributed by atoms with Crippen molar-refractivity contribution in [1.82, 2.24) is 0 Å². The molecule has 3 nitrogen and oxygen atoms in total. The van der Waals surface area contributed by atoms with Crippen LogP contribution in [0, 0.1) is 0 Å². The summed E-state index contributed by atoms with van der Waals surface area (Å²) in [4.78, 5) is 11.5. The van der Waals surface area contributed by atoms with Gasteiger partial charge in [0.05, 0.1) is 12.4 Å². The van der Waals surface area contributed by atoms with Crippen molar-refractivity contribution in [3.63, 3.8) is 0 Å². The molecule has 1 amide bonds. The largest absolute Gasteiger partial charge is 0.395 e. The lowest BCUT2D eigenvalue weighted by atomic mass is 10.3. The number of nitrogens with one attached hydrogen (secondary N) is 1. The van der Waals surface area contributed by atoms with E-state index in [1.807, 2.05) is 31.2 Å². The third kappa shape index (κ3) is 5.01. The Labute approximate surface area is 108 Å². The van der Waals surface area contributed by atoms with Crippen LogP contribution >= 0.6 is 27.7 Å². The predicted molar refractivity (Wildman–Crippen MR) is 71.8 cm³/mol. The zero-order chi connectivity index (χ0) is 12.0. The fourth-order valence-electron chi connectivity index (χ4n) is 1.00. The molecule has 88 valence electrons. The molecule has 1 rings (SSSR count). The van der Waals surface area contributed by atoms with Crippen LogP contribution in [-0.2, 0) is 4.79 Å². The highest BCUT2D eigenvalue weighted by molar-refractivity contribution is 9.10. The van der Waals surface area contributed by atoms with Crippen LogP contribution in [0.5, 0.6) is 0 Å². The number of amides is 1. The molecule has 1 aromatic carbocycles.